The molecule has 196 valence electrons. The fraction of sp³-hybridized carbons (Fsp3) is 0.259. The first-order valence-electron chi connectivity index (χ1n) is 11.8. The highest BCUT2D eigenvalue weighted by Crippen LogP contribution is 2.26. The Bertz CT molecular complexity index is 1320. The summed E-state index contributed by atoms with van der Waals surface area (Å²) in [6.07, 6.45) is 0.729. The number of hydrogen-bond donors (Lipinski definition) is 1. The Morgan fingerprint density at radius 2 is 1.57 bits per heavy atom. The fourth-order valence-corrected chi connectivity index (χ4v) is 5.56. The third-order valence-electron chi connectivity index (χ3n) is 5.73. The number of sulfonamides is 1. The second kappa shape index (κ2) is 12.9. The number of benzene rings is 3. The molecule has 0 fully saturated rings. The smallest absolute Gasteiger partial charge is 0.264 e. The van der Waals surface area contributed by atoms with Crippen molar-refractivity contribution in [3.63, 3.8) is 0 Å². The topological polar surface area (TPSA) is 86.8 Å². The van der Waals surface area contributed by atoms with E-state index < -0.39 is 28.5 Å². The van der Waals surface area contributed by atoms with Crippen LogP contribution in [0.2, 0.25) is 10.0 Å². The van der Waals surface area contributed by atoms with Crippen LogP contribution in [0.3, 0.4) is 0 Å². The molecule has 0 aliphatic carbocycles. The van der Waals surface area contributed by atoms with Gasteiger partial charge in [0.05, 0.1) is 10.6 Å². The number of hydrogen-bond acceptors (Lipinski definition) is 4. The second-order valence-electron chi connectivity index (χ2n) is 8.38. The summed E-state index contributed by atoms with van der Waals surface area (Å²) in [4.78, 5) is 28.0. The van der Waals surface area contributed by atoms with Crippen LogP contribution in [0.1, 0.15) is 25.8 Å². The summed E-state index contributed by atoms with van der Waals surface area (Å²) >= 11 is 12.4. The number of halogens is 2. The summed E-state index contributed by atoms with van der Waals surface area (Å²) in [5, 5.41) is 3.57. The zero-order chi connectivity index (χ0) is 27.0. The van der Waals surface area contributed by atoms with Crippen molar-refractivity contribution in [1.82, 2.24) is 10.2 Å². The first kappa shape index (κ1) is 28.5. The van der Waals surface area contributed by atoms with Gasteiger partial charge in [-0.1, -0.05) is 72.6 Å². The summed E-state index contributed by atoms with van der Waals surface area (Å²) in [7, 11) is -4.09. The molecule has 0 aliphatic rings. The molecule has 0 aliphatic heterocycles. The van der Waals surface area contributed by atoms with Crippen molar-refractivity contribution >= 4 is 50.7 Å². The maximum Gasteiger partial charge on any atom is 0.264 e. The van der Waals surface area contributed by atoms with Crippen LogP contribution in [0.15, 0.2) is 83.8 Å². The zero-order valence-electron chi connectivity index (χ0n) is 20.6. The molecule has 3 aromatic rings. The minimum atomic E-state index is -4.09. The molecule has 37 heavy (non-hydrogen) atoms. The second-order valence-corrected chi connectivity index (χ2v) is 11.1. The third-order valence-corrected chi connectivity index (χ3v) is 8.10. The molecular weight excluding hydrogens is 533 g/mol. The quantitative estimate of drug-likeness (QED) is 0.351. The summed E-state index contributed by atoms with van der Waals surface area (Å²) in [6, 6.07) is 20.3. The monoisotopic (exact) mass is 561 g/mol. The van der Waals surface area contributed by atoms with E-state index in [0.717, 1.165) is 10.7 Å². The van der Waals surface area contributed by atoms with Gasteiger partial charge < -0.3 is 10.2 Å². The molecule has 0 spiro atoms. The molecule has 0 bridgehead atoms. The van der Waals surface area contributed by atoms with Crippen LogP contribution in [0.25, 0.3) is 0 Å². The van der Waals surface area contributed by atoms with E-state index in [0.29, 0.717) is 27.8 Å². The molecule has 7 nitrogen and oxygen atoms in total. The average molecular weight is 563 g/mol. The van der Waals surface area contributed by atoms with E-state index in [-0.39, 0.29) is 17.3 Å². The number of carbonyl (C=O) groups is 2. The van der Waals surface area contributed by atoms with Crippen LogP contribution in [0, 0.1) is 0 Å². The van der Waals surface area contributed by atoms with Crippen LogP contribution in [-0.4, -0.2) is 44.3 Å². The highest BCUT2D eigenvalue weighted by Gasteiger charge is 2.32. The Balaban J connectivity index is 2.00. The standard InChI is InChI=1S/C27H29Cl2N3O4S/c1-3-16-30-27(34)20(2)31(18-21-14-15-22(28)17-25(21)29)26(33)19-32(23-10-6-4-7-11-23)37(35,36)24-12-8-5-9-13-24/h4-15,17,20H,3,16,18-19H2,1-2H3,(H,30,34). The summed E-state index contributed by atoms with van der Waals surface area (Å²) in [5.41, 5.74) is 0.902. The highest BCUT2D eigenvalue weighted by atomic mass is 35.5. The van der Waals surface area contributed by atoms with Gasteiger partial charge in [-0.3, -0.25) is 13.9 Å². The van der Waals surface area contributed by atoms with Crippen LogP contribution < -0.4 is 9.62 Å². The van der Waals surface area contributed by atoms with Gasteiger partial charge in [0.2, 0.25) is 11.8 Å². The SMILES string of the molecule is CCCNC(=O)C(C)N(Cc1ccc(Cl)cc1Cl)C(=O)CN(c1ccccc1)S(=O)(=O)c1ccccc1. The molecule has 2 amide bonds. The first-order chi connectivity index (χ1) is 17.6. The molecular formula is C27H29Cl2N3O4S. The van der Waals surface area contributed by atoms with Crippen molar-refractivity contribution in [2.75, 3.05) is 17.4 Å². The number of amides is 2. The molecule has 0 saturated heterocycles. The Hall–Kier alpha value is -3.07. The van der Waals surface area contributed by atoms with E-state index >= 15 is 0 Å². The number of anilines is 1. The zero-order valence-corrected chi connectivity index (χ0v) is 22.9. The first-order valence-corrected chi connectivity index (χ1v) is 14.0. The summed E-state index contributed by atoms with van der Waals surface area (Å²) in [6.45, 7) is 3.45. The van der Waals surface area contributed by atoms with Crippen molar-refractivity contribution in [2.24, 2.45) is 0 Å². The van der Waals surface area contributed by atoms with Crippen LogP contribution in [0.5, 0.6) is 0 Å². The van der Waals surface area contributed by atoms with E-state index in [9.17, 15) is 18.0 Å². The number of para-hydroxylation sites is 1. The predicted molar refractivity (Wildman–Crippen MR) is 147 cm³/mol. The van der Waals surface area contributed by atoms with Crippen molar-refractivity contribution in [2.45, 2.75) is 37.8 Å². The Labute approximate surface area is 228 Å². The van der Waals surface area contributed by atoms with E-state index in [1.54, 1.807) is 73.7 Å². The number of carbonyl (C=O) groups excluding carboxylic acids is 2. The fourth-order valence-electron chi connectivity index (χ4n) is 3.65. The van der Waals surface area contributed by atoms with Crippen LogP contribution in [0.4, 0.5) is 5.69 Å². The van der Waals surface area contributed by atoms with Gasteiger partial charge in [0.1, 0.15) is 12.6 Å². The van der Waals surface area contributed by atoms with Crippen molar-refractivity contribution < 1.29 is 18.0 Å². The van der Waals surface area contributed by atoms with E-state index in [4.69, 9.17) is 23.2 Å². The van der Waals surface area contributed by atoms with Gasteiger partial charge >= 0.3 is 0 Å². The van der Waals surface area contributed by atoms with Crippen LogP contribution >= 0.6 is 23.2 Å². The van der Waals surface area contributed by atoms with Crippen LogP contribution in [-0.2, 0) is 26.2 Å². The lowest BCUT2D eigenvalue weighted by Crippen LogP contribution is -2.51. The lowest BCUT2D eigenvalue weighted by molar-refractivity contribution is -0.139. The Morgan fingerprint density at radius 3 is 2.16 bits per heavy atom. The summed E-state index contributed by atoms with van der Waals surface area (Å²) < 4.78 is 28.3. The predicted octanol–water partition coefficient (Wildman–Crippen LogP) is 5.13. The number of nitrogens with one attached hydrogen (secondary N) is 1. The molecule has 1 N–H and O–H groups in total. The average Bonchev–Trinajstić information content (AvgIpc) is 2.90. The highest BCUT2D eigenvalue weighted by molar-refractivity contribution is 7.92. The van der Waals surface area contributed by atoms with E-state index in [1.807, 2.05) is 6.92 Å². The largest absolute Gasteiger partial charge is 0.354 e. The number of rotatable bonds is 11. The summed E-state index contributed by atoms with van der Waals surface area (Å²) in [5.74, 6) is -0.911. The maximum absolute atomic E-state index is 13.8. The third kappa shape index (κ3) is 7.25. The van der Waals surface area contributed by atoms with E-state index in [2.05, 4.69) is 5.32 Å². The van der Waals surface area contributed by atoms with Gasteiger partial charge in [-0.05, 0) is 55.3 Å². The lowest BCUT2D eigenvalue weighted by Gasteiger charge is -2.32. The molecule has 0 radical (unpaired) electrons. The van der Waals surface area contributed by atoms with Gasteiger partial charge in [0.25, 0.3) is 10.0 Å². The van der Waals surface area contributed by atoms with Crippen molar-refractivity contribution in [1.29, 1.82) is 0 Å². The molecule has 10 heteroatoms. The van der Waals surface area contributed by atoms with Crippen molar-refractivity contribution in [3.8, 4) is 0 Å². The molecule has 0 aromatic heterocycles. The molecule has 1 atom stereocenters. The Kier molecular flexibility index (Phi) is 9.97. The lowest BCUT2D eigenvalue weighted by atomic mass is 10.1. The molecule has 0 saturated carbocycles. The minimum Gasteiger partial charge on any atom is -0.354 e. The molecule has 1 unspecified atom stereocenters. The van der Waals surface area contributed by atoms with Gasteiger partial charge in [-0.25, -0.2) is 8.42 Å². The molecule has 3 aromatic carbocycles. The van der Waals surface area contributed by atoms with Gasteiger partial charge in [-0.2, -0.15) is 0 Å². The van der Waals surface area contributed by atoms with E-state index in [1.165, 1.54) is 17.0 Å². The molecule has 3 rings (SSSR count). The maximum atomic E-state index is 13.8. The van der Waals surface area contributed by atoms with Gasteiger partial charge in [-0.15, -0.1) is 0 Å². The molecule has 0 heterocycles. The van der Waals surface area contributed by atoms with Gasteiger partial charge in [0, 0.05) is 23.1 Å². The number of nitrogens with zero attached hydrogens (tertiary/aromatic N) is 2. The normalized spacial score (nSPS) is 12.0. The Morgan fingerprint density at radius 1 is 0.946 bits per heavy atom. The van der Waals surface area contributed by atoms with Gasteiger partial charge in [0.15, 0.2) is 0 Å². The van der Waals surface area contributed by atoms with Crippen molar-refractivity contribution in [3.05, 3.63) is 94.5 Å². The minimum absolute atomic E-state index is 0.0104.